The van der Waals surface area contributed by atoms with Gasteiger partial charge in [-0.2, -0.15) is 0 Å². The average molecular weight is 631 g/mol. The van der Waals surface area contributed by atoms with Crippen LogP contribution in [0, 0.1) is 0 Å². The molecule has 0 saturated carbocycles. The molecule has 43 heavy (non-hydrogen) atoms. The fraction of sp³-hybridized carbons (Fsp3) is 0.121. The van der Waals surface area contributed by atoms with E-state index in [-0.39, 0.29) is 11.5 Å². The predicted octanol–water partition coefficient (Wildman–Crippen LogP) is 6.84. The second-order valence-corrected chi connectivity index (χ2v) is 11.6. The molecule has 0 saturated heterocycles. The highest BCUT2D eigenvalue weighted by molar-refractivity contribution is 7.07. The molecule has 1 amide bonds. The summed E-state index contributed by atoms with van der Waals surface area (Å²) < 4.78 is 13.6. The number of benzene rings is 3. The molecule has 0 spiro atoms. The second-order valence-electron chi connectivity index (χ2n) is 9.73. The van der Waals surface area contributed by atoms with Gasteiger partial charge in [0.1, 0.15) is 17.3 Å². The maximum Gasteiger partial charge on any atom is 0.271 e. The van der Waals surface area contributed by atoms with Gasteiger partial charge in [0.2, 0.25) is 0 Å². The summed E-state index contributed by atoms with van der Waals surface area (Å²) in [7, 11) is 0. The van der Waals surface area contributed by atoms with Crippen LogP contribution in [0.5, 0.6) is 5.75 Å². The van der Waals surface area contributed by atoms with Crippen LogP contribution >= 0.6 is 34.5 Å². The fourth-order valence-corrected chi connectivity index (χ4v) is 6.25. The van der Waals surface area contributed by atoms with Crippen molar-refractivity contribution in [2.24, 2.45) is 4.99 Å². The first-order valence-electron chi connectivity index (χ1n) is 13.5. The third-order valence-corrected chi connectivity index (χ3v) is 8.63. The summed E-state index contributed by atoms with van der Waals surface area (Å²) in [6.45, 7) is 4.23. The van der Waals surface area contributed by atoms with Gasteiger partial charge in [0.05, 0.1) is 38.5 Å². The lowest BCUT2D eigenvalue weighted by Crippen LogP contribution is -2.40. The number of halogens is 2. The third kappa shape index (κ3) is 5.82. The van der Waals surface area contributed by atoms with E-state index >= 15 is 0 Å². The molecule has 0 fully saturated rings. The summed E-state index contributed by atoms with van der Waals surface area (Å²) in [5.74, 6) is 1.44. The molecule has 1 atom stereocenters. The van der Waals surface area contributed by atoms with Crippen LogP contribution in [0.4, 0.5) is 5.69 Å². The van der Waals surface area contributed by atoms with Crippen LogP contribution in [-0.4, -0.2) is 17.1 Å². The van der Waals surface area contributed by atoms with E-state index in [2.05, 4.69) is 5.32 Å². The number of amides is 1. The van der Waals surface area contributed by atoms with Gasteiger partial charge in [-0.25, -0.2) is 4.99 Å². The van der Waals surface area contributed by atoms with Crippen LogP contribution in [0.1, 0.15) is 31.2 Å². The number of para-hydroxylation sites is 1. The molecule has 1 N–H and O–H groups in total. The molecule has 0 radical (unpaired) electrons. The topological polar surface area (TPSA) is 85.8 Å². The number of ether oxygens (including phenoxy) is 1. The van der Waals surface area contributed by atoms with Gasteiger partial charge in [0.25, 0.3) is 11.5 Å². The van der Waals surface area contributed by atoms with E-state index < -0.39 is 6.04 Å². The van der Waals surface area contributed by atoms with Gasteiger partial charge in [0.15, 0.2) is 4.80 Å². The quantitative estimate of drug-likeness (QED) is 0.214. The number of carbonyl (C=O) groups is 1. The number of hydrogen-bond acceptors (Lipinski definition) is 6. The SMILES string of the molecule is CCOc1ccc([C@H]2C(C(=O)Nc3ccccc3)=C(C)N=c3s/c(=C\c4ccc(-c5ccc(Cl)c(Cl)c5)o4)c(=O)n32)cc1. The van der Waals surface area contributed by atoms with E-state index in [0.717, 1.165) is 11.1 Å². The van der Waals surface area contributed by atoms with Gasteiger partial charge in [-0.1, -0.05) is 64.9 Å². The molecule has 3 heterocycles. The summed E-state index contributed by atoms with van der Waals surface area (Å²) >= 11 is 13.5. The molecule has 10 heteroatoms. The second kappa shape index (κ2) is 12.1. The number of thiazole rings is 1. The van der Waals surface area contributed by atoms with Crippen LogP contribution in [0.3, 0.4) is 0 Å². The van der Waals surface area contributed by atoms with E-state index in [9.17, 15) is 9.59 Å². The number of rotatable bonds is 7. The molecule has 0 unspecified atom stereocenters. The minimum Gasteiger partial charge on any atom is -0.494 e. The Morgan fingerprint density at radius 3 is 2.53 bits per heavy atom. The van der Waals surface area contributed by atoms with Gasteiger partial charge in [0, 0.05) is 17.3 Å². The molecular formula is C33H25Cl2N3O4S. The smallest absolute Gasteiger partial charge is 0.271 e. The summed E-state index contributed by atoms with van der Waals surface area (Å²) in [6, 6.07) is 24.7. The predicted molar refractivity (Wildman–Crippen MR) is 171 cm³/mol. The average Bonchev–Trinajstić information content (AvgIpc) is 3.59. The van der Waals surface area contributed by atoms with Crippen molar-refractivity contribution in [1.29, 1.82) is 0 Å². The van der Waals surface area contributed by atoms with Crippen LogP contribution in [0.25, 0.3) is 17.4 Å². The van der Waals surface area contributed by atoms with E-state index in [1.807, 2.05) is 67.6 Å². The monoisotopic (exact) mass is 629 g/mol. The van der Waals surface area contributed by atoms with Crippen molar-refractivity contribution in [2.45, 2.75) is 19.9 Å². The molecule has 3 aromatic carbocycles. The molecule has 216 valence electrons. The molecule has 7 nitrogen and oxygen atoms in total. The highest BCUT2D eigenvalue weighted by Gasteiger charge is 2.32. The Kier molecular flexibility index (Phi) is 8.08. The number of nitrogens with one attached hydrogen (secondary N) is 1. The van der Waals surface area contributed by atoms with Crippen LogP contribution in [0.15, 0.2) is 110 Å². The van der Waals surface area contributed by atoms with Gasteiger partial charge in [-0.3, -0.25) is 14.2 Å². The molecule has 0 bridgehead atoms. The van der Waals surface area contributed by atoms with Crippen molar-refractivity contribution in [1.82, 2.24) is 4.57 Å². The maximum absolute atomic E-state index is 14.0. The molecule has 2 aromatic heterocycles. The molecule has 1 aliphatic rings. The number of aromatic nitrogens is 1. The minimum atomic E-state index is -0.707. The van der Waals surface area contributed by atoms with Gasteiger partial charge in [-0.15, -0.1) is 0 Å². The highest BCUT2D eigenvalue weighted by Crippen LogP contribution is 2.32. The Morgan fingerprint density at radius 1 is 1.05 bits per heavy atom. The van der Waals surface area contributed by atoms with Crippen molar-refractivity contribution in [3.63, 3.8) is 0 Å². The Balaban J connectivity index is 1.44. The first-order chi connectivity index (χ1) is 20.8. The summed E-state index contributed by atoms with van der Waals surface area (Å²) in [5, 5.41) is 3.83. The van der Waals surface area contributed by atoms with Gasteiger partial charge in [-0.05, 0) is 74.0 Å². The molecule has 1 aliphatic heterocycles. The fourth-order valence-electron chi connectivity index (χ4n) is 4.92. The van der Waals surface area contributed by atoms with Gasteiger partial charge >= 0.3 is 0 Å². The van der Waals surface area contributed by atoms with Crippen LogP contribution in [-0.2, 0) is 4.79 Å². The van der Waals surface area contributed by atoms with Crippen LogP contribution in [0.2, 0.25) is 10.0 Å². The lowest BCUT2D eigenvalue weighted by Gasteiger charge is -2.25. The van der Waals surface area contributed by atoms with E-state index in [4.69, 9.17) is 37.3 Å². The Hall–Kier alpha value is -4.37. The lowest BCUT2D eigenvalue weighted by atomic mass is 9.95. The third-order valence-electron chi connectivity index (χ3n) is 6.91. The van der Waals surface area contributed by atoms with Crippen molar-refractivity contribution >= 4 is 52.2 Å². The minimum absolute atomic E-state index is 0.285. The van der Waals surface area contributed by atoms with Crippen LogP contribution < -0.4 is 24.9 Å². The van der Waals surface area contributed by atoms with E-state index in [1.165, 1.54) is 11.3 Å². The zero-order valence-corrected chi connectivity index (χ0v) is 25.5. The van der Waals surface area contributed by atoms with Crippen molar-refractivity contribution < 1.29 is 13.9 Å². The summed E-state index contributed by atoms with van der Waals surface area (Å²) in [4.78, 5) is 32.9. The van der Waals surface area contributed by atoms with Crippen molar-refractivity contribution in [3.8, 4) is 17.1 Å². The molecule has 5 aromatic rings. The Labute approximate surface area is 261 Å². The van der Waals surface area contributed by atoms with Gasteiger partial charge < -0.3 is 14.5 Å². The number of hydrogen-bond donors (Lipinski definition) is 1. The standard InChI is InChI=1S/C33H25Cl2N3O4S/c1-3-41-23-12-9-20(10-13-23)30-29(31(39)37-22-7-5-4-6-8-22)19(2)36-33-38(30)32(40)28(43-33)18-24-14-16-27(42-24)21-11-15-25(34)26(35)17-21/h4-18,30H,3H2,1-2H3,(H,37,39)/b28-18-/t30-/m0/s1. The molecule has 0 aliphatic carbocycles. The molecular weight excluding hydrogens is 605 g/mol. The zero-order chi connectivity index (χ0) is 30.1. The summed E-state index contributed by atoms with van der Waals surface area (Å²) in [6.07, 6.45) is 1.68. The first-order valence-corrected chi connectivity index (χ1v) is 15.1. The Morgan fingerprint density at radius 2 is 1.81 bits per heavy atom. The normalized spacial score (nSPS) is 14.8. The van der Waals surface area contributed by atoms with E-state index in [1.54, 1.807) is 41.8 Å². The van der Waals surface area contributed by atoms with E-state index in [0.29, 0.717) is 60.2 Å². The largest absolute Gasteiger partial charge is 0.494 e. The number of carbonyl (C=O) groups excluding carboxylic acids is 1. The highest BCUT2D eigenvalue weighted by atomic mass is 35.5. The number of anilines is 1. The van der Waals surface area contributed by atoms with Crippen molar-refractivity contribution in [2.75, 3.05) is 11.9 Å². The first kappa shape index (κ1) is 28.7. The number of nitrogens with zero attached hydrogens (tertiary/aromatic N) is 2. The number of furan rings is 1. The summed E-state index contributed by atoms with van der Waals surface area (Å²) in [5.41, 5.74) is 2.78. The number of fused-ring (bicyclic) bond motifs is 1. The molecule has 6 rings (SSSR count). The Bertz CT molecular complexity index is 2040. The lowest BCUT2D eigenvalue weighted by molar-refractivity contribution is -0.113. The zero-order valence-electron chi connectivity index (χ0n) is 23.1. The maximum atomic E-state index is 14.0. The number of allylic oxidation sites excluding steroid dienone is 1. The van der Waals surface area contributed by atoms with Crippen molar-refractivity contribution in [3.05, 3.63) is 137 Å².